The van der Waals surface area contributed by atoms with E-state index >= 15 is 0 Å². The van der Waals surface area contributed by atoms with E-state index in [1.165, 1.54) is 18.4 Å². The molecule has 104 valence electrons. The molecule has 2 heteroatoms. The van der Waals surface area contributed by atoms with E-state index in [1.807, 2.05) is 6.07 Å². The third kappa shape index (κ3) is 5.56. The monoisotopic (exact) mass is 259 g/mol. The van der Waals surface area contributed by atoms with Gasteiger partial charge in [0.2, 0.25) is 0 Å². The van der Waals surface area contributed by atoms with E-state index in [-0.39, 0.29) is 0 Å². The van der Waals surface area contributed by atoms with E-state index < -0.39 is 0 Å². The molecule has 1 aliphatic heterocycles. The molecule has 2 nitrogen and oxygen atoms in total. The third-order valence-corrected chi connectivity index (χ3v) is 3.99. The smallest absolute Gasteiger partial charge is 0.132 e. The van der Waals surface area contributed by atoms with Crippen molar-refractivity contribution in [3.8, 4) is 0 Å². The van der Waals surface area contributed by atoms with Crippen LogP contribution in [0.4, 0.5) is 0 Å². The van der Waals surface area contributed by atoms with Crippen LogP contribution in [0.5, 0.6) is 0 Å². The van der Waals surface area contributed by atoms with Gasteiger partial charge in [0.25, 0.3) is 0 Å². The van der Waals surface area contributed by atoms with Crippen molar-refractivity contribution in [2.45, 2.75) is 44.9 Å². The minimum absolute atomic E-state index is 0.446. The van der Waals surface area contributed by atoms with Crippen LogP contribution in [-0.2, 0) is 11.2 Å². The fraction of sp³-hybridized carbons (Fsp3) is 0.588. The van der Waals surface area contributed by atoms with E-state index in [0.29, 0.717) is 5.78 Å². The number of benzene rings is 1. The number of hydrogen-bond donors (Lipinski definition) is 1. The summed E-state index contributed by atoms with van der Waals surface area (Å²) < 4.78 is 0. The summed E-state index contributed by atoms with van der Waals surface area (Å²) in [5, 5.41) is 3.41. The highest BCUT2D eigenvalue weighted by atomic mass is 16.1. The summed E-state index contributed by atoms with van der Waals surface area (Å²) >= 11 is 0. The Morgan fingerprint density at radius 1 is 1.21 bits per heavy atom. The third-order valence-electron chi connectivity index (χ3n) is 3.99. The Bertz CT molecular complexity index is 368. The van der Waals surface area contributed by atoms with Gasteiger partial charge in [-0.1, -0.05) is 30.3 Å². The Balaban J connectivity index is 1.57. The van der Waals surface area contributed by atoms with Crippen molar-refractivity contribution >= 4 is 5.78 Å². The van der Waals surface area contributed by atoms with Crippen LogP contribution in [0, 0.1) is 5.92 Å². The molecule has 1 heterocycles. The van der Waals surface area contributed by atoms with Crippen molar-refractivity contribution in [3.05, 3.63) is 35.9 Å². The lowest BCUT2D eigenvalue weighted by Gasteiger charge is -2.22. The van der Waals surface area contributed by atoms with Crippen LogP contribution in [0.3, 0.4) is 0 Å². The van der Waals surface area contributed by atoms with Gasteiger partial charge in [-0.25, -0.2) is 0 Å². The average Bonchev–Trinajstić information content (AvgIpc) is 2.47. The van der Waals surface area contributed by atoms with Gasteiger partial charge < -0.3 is 5.32 Å². The first-order chi connectivity index (χ1) is 9.34. The van der Waals surface area contributed by atoms with Crippen LogP contribution in [0.1, 0.15) is 44.1 Å². The molecule has 1 aromatic rings. The maximum absolute atomic E-state index is 11.9. The Hall–Kier alpha value is -1.15. The van der Waals surface area contributed by atoms with Gasteiger partial charge in [0.1, 0.15) is 5.78 Å². The Kier molecular flexibility index (Phi) is 6.09. The minimum atomic E-state index is 0.446. The predicted molar refractivity (Wildman–Crippen MR) is 79.2 cm³/mol. The molecule has 0 saturated carbocycles. The summed E-state index contributed by atoms with van der Waals surface area (Å²) in [5.74, 6) is 1.17. The number of nitrogens with one attached hydrogen (secondary N) is 1. The second-order valence-corrected chi connectivity index (χ2v) is 5.63. The molecule has 1 unspecified atom stereocenters. The highest BCUT2D eigenvalue weighted by Gasteiger charge is 2.14. The molecule has 1 fully saturated rings. The van der Waals surface area contributed by atoms with Crippen LogP contribution >= 0.6 is 0 Å². The summed E-state index contributed by atoms with van der Waals surface area (Å²) in [6.07, 6.45) is 7.19. The SMILES string of the molecule is O=C(CCCc1ccccc1)CCC1CCCNC1. The highest BCUT2D eigenvalue weighted by Crippen LogP contribution is 2.17. The normalized spacial score (nSPS) is 19.3. The average molecular weight is 259 g/mol. The largest absolute Gasteiger partial charge is 0.316 e. The fourth-order valence-corrected chi connectivity index (χ4v) is 2.79. The molecule has 0 aromatic heterocycles. The van der Waals surface area contributed by atoms with Gasteiger partial charge >= 0.3 is 0 Å². The van der Waals surface area contributed by atoms with Crippen LogP contribution < -0.4 is 5.32 Å². The van der Waals surface area contributed by atoms with Gasteiger partial charge in [-0.15, -0.1) is 0 Å². The van der Waals surface area contributed by atoms with Gasteiger partial charge in [0, 0.05) is 12.8 Å². The van der Waals surface area contributed by atoms with Crippen LogP contribution in [0.25, 0.3) is 0 Å². The zero-order chi connectivity index (χ0) is 13.3. The number of carbonyl (C=O) groups is 1. The second kappa shape index (κ2) is 8.11. The molecule has 1 atom stereocenters. The second-order valence-electron chi connectivity index (χ2n) is 5.63. The van der Waals surface area contributed by atoms with E-state index in [9.17, 15) is 4.79 Å². The van der Waals surface area contributed by atoms with Crippen molar-refractivity contribution in [2.24, 2.45) is 5.92 Å². The van der Waals surface area contributed by atoms with Crippen LogP contribution in [0.2, 0.25) is 0 Å². The molecule has 0 radical (unpaired) electrons. The summed E-state index contributed by atoms with van der Waals surface area (Å²) in [7, 11) is 0. The predicted octanol–water partition coefficient (Wildman–Crippen LogP) is 3.36. The van der Waals surface area contributed by atoms with Gasteiger partial charge in [0.15, 0.2) is 0 Å². The van der Waals surface area contributed by atoms with E-state index in [0.717, 1.165) is 51.1 Å². The first-order valence-corrected chi connectivity index (χ1v) is 7.61. The number of piperidine rings is 1. The van der Waals surface area contributed by atoms with E-state index in [1.54, 1.807) is 0 Å². The highest BCUT2D eigenvalue weighted by molar-refractivity contribution is 5.78. The number of carbonyl (C=O) groups excluding carboxylic acids is 1. The number of Topliss-reactive ketones (excluding diaryl/α,β-unsaturated/α-hetero) is 1. The van der Waals surface area contributed by atoms with Crippen molar-refractivity contribution in [3.63, 3.8) is 0 Å². The lowest BCUT2D eigenvalue weighted by molar-refractivity contribution is -0.119. The number of ketones is 1. The molecule has 0 bridgehead atoms. The Morgan fingerprint density at radius 2 is 2.05 bits per heavy atom. The summed E-state index contributed by atoms with van der Waals surface area (Å²) in [5.41, 5.74) is 1.34. The van der Waals surface area contributed by atoms with Crippen LogP contribution in [-0.4, -0.2) is 18.9 Å². The lowest BCUT2D eigenvalue weighted by Crippen LogP contribution is -2.29. The molecule has 1 saturated heterocycles. The topological polar surface area (TPSA) is 29.1 Å². The van der Waals surface area contributed by atoms with Crippen molar-refractivity contribution in [1.29, 1.82) is 0 Å². The van der Waals surface area contributed by atoms with E-state index in [4.69, 9.17) is 0 Å². The molecular weight excluding hydrogens is 234 g/mol. The fourth-order valence-electron chi connectivity index (χ4n) is 2.79. The zero-order valence-corrected chi connectivity index (χ0v) is 11.7. The molecular formula is C17H25NO. The standard InChI is InChI=1S/C17H25NO/c19-17(12-11-16-9-5-13-18-14-16)10-4-8-15-6-2-1-3-7-15/h1-3,6-7,16,18H,4-5,8-14H2. The lowest BCUT2D eigenvalue weighted by atomic mass is 9.93. The van der Waals surface area contributed by atoms with Gasteiger partial charge in [-0.05, 0) is 56.7 Å². The minimum Gasteiger partial charge on any atom is -0.316 e. The summed E-state index contributed by atoms with van der Waals surface area (Å²) in [6.45, 7) is 2.26. The van der Waals surface area contributed by atoms with Crippen LogP contribution in [0.15, 0.2) is 30.3 Å². The maximum atomic E-state index is 11.9. The molecule has 1 aromatic carbocycles. The first-order valence-electron chi connectivity index (χ1n) is 7.61. The zero-order valence-electron chi connectivity index (χ0n) is 11.7. The van der Waals surface area contributed by atoms with Crippen molar-refractivity contribution in [2.75, 3.05) is 13.1 Å². The number of aryl methyl sites for hydroxylation is 1. The Labute approximate surface area is 116 Å². The van der Waals surface area contributed by atoms with E-state index in [2.05, 4.69) is 29.6 Å². The molecule has 0 aliphatic carbocycles. The molecule has 1 N–H and O–H groups in total. The van der Waals surface area contributed by atoms with Crippen molar-refractivity contribution in [1.82, 2.24) is 5.32 Å². The molecule has 0 amide bonds. The molecule has 0 spiro atoms. The van der Waals surface area contributed by atoms with Crippen molar-refractivity contribution < 1.29 is 4.79 Å². The van der Waals surface area contributed by atoms with Gasteiger partial charge in [-0.2, -0.15) is 0 Å². The summed E-state index contributed by atoms with van der Waals surface area (Å²) in [4.78, 5) is 11.9. The van der Waals surface area contributed by atoms with Gasteiger partial charge in [0.05, 0.1) is 0 Å². The quantitative estimate of drug-likeness (QED) is 0.813. The molecule has 2 rings (SSSR count). The Morgan fingerprint density at radius 3 is 2.79 bits per heavy atom. The summed E-state index contributed by atoms with van der Waals surface area (Å²) in [6, 6.07) is 10.4. The first kappa shape index (κ1) is 14.3. The maximum Gasteiger partial charge on any atom is 0.132 e. The molecule has 1 aliphatic rings. The number of rotatable bonds is 7. The molecule has 19 heavy (non-hydrogen) atoms. The number of hydrogen-bond acceptors (Lipinski definition) is 2. The van der Waals surface area contributed by atoms with Gasteiger partial charge in [-0.3, -0.25) is 4.79 Å².